The molecule has 19 rings (SSSR count). The second-order valence-electron chi connectivity index (χ2n) is 24.6. The summed E-state index contributed by atoms with van der Waals surface area (Å²) in [5.74, 6) is 1.67. The van der Waals surface area contributed by atoms with Crippen LogP contribution >= 0.6 is 0 Å². The summed E-state index contributed by atoms with van der Waals surface area (Å²) < 4.78 is 3.79. The normalized spacial score (nSPS) is 11.8. The van der Waals surface area contributed by atoms with Gasteiger partial charge in [-0.15, -0.1) is 0 Å². The van der Waals surface area contributed by atoms with E-state index in [4.69, 9.17) is 24.9 Å². The minimum absolute atomic E-state index is 0.0485. The fourth-order valence-electron chi connectivity index (χ4n) is 14.5. The Morgan fingerprint density at radius 2 is 0.583 bits per heavy atom. The lowest BCUT2D eigenvalue weighted by Crippen LogP contribution is -2.13. The molecule has 0 radical (unpaired) electrons. The molecule has 0 unspecified atom stereocenters. The van der Waals surface area contributed by atoms with Gasteiger partial charge in [-0.3, -0.25) is 18.4 Å². The highest BCUT2D eigenvalue weighted by atomic mass is 16.1. The molecule has 0 saturated heterocycles. The zero-order chi connectivity index (χ0) is 63.5. The van der Waals surface area contributed by atoms with Crippen molar-refractivity contribution in [2.75, 3.05) is 0 Å². The molecule has 0 saturated carbocycles. The van der Waals surface area contributed by atoms with Crippen molar-refractivity contribution in [3.8, 4) is 113 Å². The first-order chi connectivity index (χ1) is 47.4. The molecule has 0 amide bonds. The molecule has 9 nitrogen and oxygen atoms in total. The summed E-state index contributed by atoms with van der Waals surface area (Å²) in [7, 11) is 0. The number of benzene rings is 12. The van der Waals surface area contributed by atoms with E-state index in [0.29, 0.717) is 28.2 Å². The van der Waals surface area contributed by atoms with Crippen LogP contribution in [0.4, 0.5) is 0 Å². The summed E-state index contributed by atoms with van der Waals surface area (Å²) in [6, 6.07) is 106. The van der Waals surface area contributed by atoms with Crippen molar-refractivity contribution in [3.63, 3.8) is 0 Å². The van der Waals surface area contributed by atoms with E-state index in [-0.39, 0.29) is 11.1 Å². The average molecular weight is 1230 g/mol. The van der Waals surface area contributed by atoms with E-state index >= 15 is 4.79 Å². The molecule has 0 aliphatic carbocycles. The summed E-state index contributed by atoms with van der Waals surface area (Å²) in [5.41, 5.74) is 19.1. The Bertz CT molecular complexity index is 6340. The second kappa shape index (κ2) is 21.8. The molecule has 0 bridgehead atoms. The maximum atomic E-state index is 15.3. The Morgan fingerprint density at radius 1 is 0.208 bits per heavy atom. The van der Waals surface area contributed by atoms with Crippen molar-refractivity contribution in [1.82, 2.24) is 33.7 Å². The highest BCUT2D eigenvalue weighted by molar-refractivity contribution is 6.24. The van der Waals surface area contributed by atoms with Crippen molar-refractivity contribution in [2.45, 2.75) is 0 Å². The third kappa shape index (κ3) is 8.82. The van der Waals surface area contributed by atoms with E-state index < -0.39 is 0 Å². The molecule has 9 heteroatoms. The molecule has 0 fully saturated rings. The molecule has 7 aromatic heterocycles. The third-order valence-electron chi connectivity index (χ3n) is 19.0. The molecule has 0 aliphatic rings. The molecule has 0 aliphatic heterocycles. The van der Waals surface area contributed by atoms with E-state index in [1.807, 2.05) is 167 Å². The minimum atomic E-state index is -0.101. The molecular weight excluding hydrogens is 1180 g/mol. The van der Waals surface area contributed by atoms with Gasteiger partial charge in [0.25, 0.3) is 11.1 Å². The first-order valence-corrected chi connectivity index (χ1v) is 32.1. The molecule has 7 heterocycles. The fraction of sp³-hybridized carbons (Fsp3) is 0. The molecule has 96 heavy (non-hydrogen) atoms. The second-order valence-corrected chi connectivity index (χ2v) is 24.6. The Labute approximate surface area is 549 Å². The third-order valence-corrected chi connectivity index (χ3v) is 19.0. The van der Waals surface area contributed by atoms with Crippen LogP contribution in [0.1, 0.15) is 0 Å². The zero-order valence-corrected chi connectivity index (χ0v) is 51.4. The van der Waals surface area contributed by atoms with Gasteiger partial charge in [-0.05, 0) is 111 Å². The zero-order valence-electron chi connectivity index (χ0n) is 51.4. The predicted octanol–water partition coefficient (Wildman–Crippen LogP) is 20.4. The van der Waals surface area contributed by atoms with Gasteiger partial charge in [-0.1, -0.05) is 243 Å². The lowest BCUT2D eigenvalue weighted by molar-refractivity contribution is 1.08. The quantitative estimate of drug-likeness (QED) is 0.126. The standard InChI is InChI=1S/C87H51N7O2/c95-86-67-31-17-16-30-64(67)71-46-61(63-50-75(54-22-8-2-9-23-54)88-76(51-63)55-24-10-3-11-25-55)47-72-70-44-60(41-43-78(70)93(86)82(71)72)62-48-74(53-20-6-1-7-21-53)89-77(49-62)56-38-36-52(37-39-56)59-40-42-65-66-32-18-33-68-80-69(34-19-35-79(80)94(81(66)68)87(96)73(65)45-59)85-91-83(57-26-12-4-13-27-57)90-84(92-85)58-28-14-5-15-29-58/h1-51H. The van der Waals surface area contributed by atoms with Crippen LogP contribution in [-0.2, 0) is 0 Å². The number of para-hydroxylation sites is 1. The van der Waals surface area contributed by atoms with Crippen LogP contribution in [0.15, 0.2) is 319 Å². The largest absolute Gasteiger partial charge is 0.275 e. The number of nitrogens with zero attached hydrogens (tertiary/aromatic N) is 7. The van der Waals surface area contributed by atoms with Gasteiger partial charge in [0.2, 0.25) is 0 Å². The molecule has 12 aromatic carbocycles. The van der Waals surface area contributed by atoms with Crippen LogP contribution < -0.4 is 11.1 Å². The van der Waals surface area contributed by atoms with Crippen molar-refractivity contribution < 1.29 is 0 Å². The van der Waals surface area contributed by atoms with Crippen molar-refractivity contribution in [1.29, 1.82) is 0 Å². The van der Waals surface area contributed by atoms with Gasteiger partial charge in [0.05, 0.1) is 44.8 Å². The summed E-state index contributed by atoms with van der Waals surface area (Å²) in [4.78, 5) is 56.0. The molecule has 19 aromatic rings. The molecule has 0 N–H and O–H groups in total. The lowest BCUT2D eigenvalue weighted by Gasteiger charge is -2.12. The summed E-state index contributed by atoms with van der Waals surface area (Å²) in [5, 5.41) is 8.87. The molecular formula is C87H51N7O2. The van der Waals surface area contributed by atoms with E-state index in [2.05, 4.69) is 152 Å². The fourth-order valence-corrected chi connectivity index (χ4v) is 14.5. The monoisotopic (exact) mass is 1230 g/mol. The van der Waals surface area contributed by atoms with Crippen LogP contribution in [-0.4, -0.2) is 33.7 Å². The number of rotatable bonds is 10. The molecule has 446 valence electrons. The molecule has 0 spiro atoms. The number of fused-ring (bicyclic) bond motifs is 10. The van der Waals surface area contributed by atoms with Gasteiger partial charge in [0.15, 0.2) is 17.5 Å². The van der Waals surface area contributed by atoms with Gasteiger partial charge in [0, 0.05) is 82.0 Å². The number of pyridine rings is 4. The Morgan fingerprint density at radius 3 is 1.18 bits per heavy atom. The van der Waals surface area contributed by atoms with Gasteiger partial charge in [0.1, 0.15) is 0 Å². The summed E-state index contributed by atoms with van der Waals surface area (Å²) in [6.45, 7) is 0. The average Bonchev–Trinajstić information content (AvgIpc) is 1.54. The SMILES string of the molecule is O=c1c2ccccc2c2cc(-c3cc(-c4ccccc4)nc(-c4ccccc4)c3)cc3c4cc(-c5cc(-c6ccccc6)nc(-c6ccc(-c7ccc8c(c7)c(=O)n7c9cccc(-c%10nc(-c%11ccccc%11)nc(-c%11ccccc%11)n%10)c9c9cccc8c97)cc6)c5)ccc4n1c23. The minimum Gasteiger partial charge on any atom is -0.275 e. The lowest BCUT2D eigenvalue weighted by atomic mass is 9.94. The van der Waals surface area contributed by atoms with Gasteiger partial charge < -0.3 is 0 Å². The number of hydrogen-bond acceptors (Lipinski definition) is 7. The number of hydrogen-bond donors (Lipinski definition) is 0. The highest BCUT2D eigenvalue weighted by Crippen LogP contribution is 2.44. The van der Waals surface area contributed by atoms with E-state index in [9.17, 15) is 4.79 Å². The highest BCUT2D eigenvalue weighted by Gasteiger charge is 2.25. The van der Waals surface area contributed by atoms with Crippen LogP contribution in [0.3, 0.4) is 0 Å². The predicted molar refractivity (Wildman–Crippen MR) is 392 cm³/mol. The first kappa shape index (κ1) is 54.6. The van der Waals surface area contributed by atoms with Crippen LogP contribution in [0.2, 0.25) is 0 Å². The van der Waals surface area contributed by atoms with Gasteiger partial charge in [-0.25, -0.2) is 24.9 Å². The maximum absolute atomic E-state index is 15.3. The van der Waals surface area contributed by atoms with E-state index in [1.54, 1.807) is 0 Å². The summed E-state index contributed by atoms with van der Waals surface area (Å²) >= 11 is 0. The van der Waals surface area contributed by atoms with Crippen LogP contribution in [0, 0.1) is 0 Å². The van der Waals surface area contributed by atoms with Crippen LogP contribution in [0.25, 0.3) is 189 Å². The van der Waals surface area contributed by atoms with Crippen molar-refractivity contribution in [3.05, 3.63) is 330 Å². The van der Waals surface area contributed by atoms with Gasteiger partial charge >= 0.3 is 0 Å². The Kier molecular flexibility index (Phi) is 12.4. The smallest absolute Gasteiger partial charge is 0.263 e. The Balaban J connectivity index is 0.728. The van der Waals surface area contributed by atoms with Crippen molar-refractivity contribution >= 4 is 75.9 Å². The molecule has 0 atom stereocenters. The topological polar surface area (TPSA) is 107 Å². The van der Waals surface area contributed by atoms with Crippen molar-refractivity contribution in [2.24, 2.45) is 0 Å². The van der Waals surface area contributed by atoms with E-state index in [1.165, 1.54) is 0 Å². The van der Waals surface area contributed by atoms with Crippen LogP contribution in [0.5, 0.6) is 0 Å². The summed E-state index contributed by atoms with van der Waals surface area (Å²) in [6.07, 6.45) is 0. The first-order valence-electron chi connectivity index (χ1n) is 32.1. The van der Waals surface area contributed by atoms with E-state index in [0.717, 1.165) is 160 Å². The maximum Gasteiger partial charge on any atom is 0.263 e. The Hall–Kier alpha value is -13.1. The van der Waals surface area contributed by atoms with Gasteiger partial charge in [-0.2, -0.15) is 0 Å². The number of aromatic nitrogens is 7.